The highest BCUT2D eigenvalue weighted by Crippen LogP contribution is 2.40. The number of nitrogens with zero attached hydrogens (tertiary/aromatic N) is 2. The fourth-order valence-corrected chi connectivity index (χ4v) is 4.33. The summed E-state index contributed by atoms with van der Waals surface area (Å²) in [5.74, 6) is 1.21. The second-order valence-corrected chi connectivity index (χ2v) is 10.0. The molecule has 1 N–H and O–H groups in total. The highest BCUT2D eigenvalue weighted by atomic mass is 16.6. The number of ether oxygens (including phenoxy) is 1. The minimum absolute atomic E-state index is 0.156. The van der Waals surface area contributed by atoms with Crippen molar-refractivity contribution in [2.75, 3.05) is 0 Å². The van der Waals surface area contributed by atoms with E-state index >= 15 is 0 Å². The van der Waals surface area contributed by atoms with E-state index in [0.717, 1.165) is 17.0 Å². The predicted octanol–water partition coefficient (Wildman–Crippen LogP) is 6.21. The third kappa shape index (κ3) is 5.00. The summed E-state index contributed by atoms with van der Waals surface area (Å²) < 4.78 is 5.93. The lowest BCUT2D eigenvalue weighted by Gasteiger charge is -2.35. The largest absolute Gasteiger partial charge is 0.487 e. The van der Waals surface area contributed by atoms with Gasteiger partial charge in [0.15, 0.2) is 6.10 Å². The third-order valence-corrected chi connectivity index (χ3v) is 6.98. The monoisotopic (exact) mass is 458 g/mol. The molecule has 5 nitrogen and oxygen atoms in total. The van der Waals surface area contributed by atoms with Crippen LogP contribution in [0.25, 0.3) is 0 Å². The van der Waals surface area contributed by atoms with Crippen LogP contribution in [-0.4, -0.2) is 21.4 Å². The van der Waals surface area contributed by atoms with Crippen molar-refractivity contribution in [3.63, 3.8) is 0 Å². The number of hydrogen-bond donors (Lipinski definition) is 1. The number of rotatable bonds is 8. The molecule has 4 rings (SSSR count). The molecule has 0 bridgehead atoms. The third-order valence-electron chi connectivity index (χ3n) is 6.98. The lowest BCUT2D eigenvalue weighted by Crippen LogP contribution is -2.30. The van der Waals surface area contributed by atoms with E-state index in [-0.39, 0.29) is 11.5 Å². The van der Waals surface area contributed by atoms with E-state index in [2.05, 4.69) is 67.3 Å². The Bertz CT molecular complexity index is 1120. The van der Waals surface area contributed by atoms with Gasteiger partial charge in [-0.1, -0.05) is 68.4 Å². The van der Waals surface area contributed by atoms with Gasteiger partial charge in [-0.05, 0) is 60.7 Å². The van der Waals surface area contributed by atoms with Crippen molar-refractivity contribution in [1.82, 2.24) is 4.98 Å². The Kier molecular flexibility index (Phi) is 6.76. The van der Waals surface area contributed by atoms with Gasteiger partial charge < -0.3 is 14.7 Å². The summed E-state index contributed by atoms with van der Waals surface area (Å²) in [7, 11) is 0. The molecule has 1 aromatic heterocycles. The Morgan fingerprint density at radius 3 is 2.15 bits per heavy atom. The molecule has 0 saturated carbocycles. The van der Waals surface area contributed by atoms with Gasteiger partial charge in [-0.15, -0.1) is 0 Å². The van der Waals surface area contributed by atoms with Crippen LogP contribution >= 0.6 is 0 Å². The number of hydrogen-bond acceptors (Lipinski definition) is 5. The lowest BCUT2D eigenvalue weighted by atomic mass is 9.68. The van der Waals surface area contributed by atoms with E-state index in [4.69, 9.17) is 9.57 Å². The first kappa shape index (κ1) is 24.0. The zero-order valence-corrected chi connectivity index (χ0v) is 20.7. The lowest BCUT2D eigenvalue weighted by molar-refractivity contribution is 0.0851. The van der Waals surface area contributed by atoms with Crippen molar-refractivity contribution in [2.24, 2.45) is 11.1 Å². The SMILES string of the molecule is CC(C)C(C)(c1ccc(OCc2ccccn2)cc1)c1ccc(C2CC(C(C)(C)O)=NO2)cc1. The summed E-state index contributed by atoms with van der Waals surface area (Å²) >= 11 is 0. The predicted molar refractivity (Wildman–Crippen MR) is 135 cm³/mol. The minimum atomic E-state index is -0.960. The molecule has 1 aliphatic rings. The first-order valence-electron chi connectivity index (χ1n) is 11.9. The fraction of sp³-hybridized carbons (Fsp3) is 0.379. The molecule has 178 valence electrons. The number of aliphatic hydroxyl groups is 1. The molecule has 2 heterocycles. The summed E-state index contributed by atoms with van der Waals surface area (Å²) in [6.07, 6.45) is 2.22. The summed E-state index contributed by atoms with van der Waals surface area (Å²) in [6.45, 7) is 10.7. The molecular formula is C29H34N2O3. The van der Waals surface area contributed by atoms with Gasteiger partial charge in [0.05, 0.1) is 11.4 Å². The van der Waals surface area contributed by atoms with Crippen LogP contribution < -0.4 is 4.74 Å². The van der Waals surface area contributed by atoms with Gasteiger partial charge in [-0.2, -0.15) is 0 Å². The summed E-state index contributed by atoms with van der Waals surface area (Å²) in [5, 5.41) is 14.3. The van der Waals surface area contributed by atoms with Crippen molar-refractivity contribution in [1.29, 1.82) is 0 Å². The molecule has 0 radical (unpaired) electrons. The molecule has 0 fully saturated rings. The summed E-state index contributed by atoms with van der Waals surface area (Å²) in [5.41, 5.74) is 4.02. The normalized spacial score (nSPS) is 17.7. The molecule has 5 heteroatoms. The minimum Gasteiger partial charge on any atom is -0.487 e. The number of pyridine rings is 1. The smallest absolute Gasteiger partial charge is 0.158 e. The van der Waals surface area contributed by atoms with Crippen LogP contribution in [0.15, 0.2) is 78.1 Å². The quantitative estimate of drug-likeness (QED) is 0.436. The van der Waals surface area contributed by atoms with Crippen LogP contribution in [0.1, 0.15) is 69.5 Å². The molecule has 2 unspecified atom stereocenters. The maximum atomic E-state index is 10.2. The molecule has 0 spiro atoms. The summed E-state index contributed by atoms with van der Waals surface area (Å²) in [4.78, 5) is 9.92. The van der Waals surface area contributed by atoms with Crippen LogP contribution in [0.3, 0.4) is 0 Å². The van der Waals surface area contributed by atoms with Gasteiger partial charge in [0.2, 0.25) is 0 Å². The van der Waals surface area contributed by atoms with Crippen molar-refractivity contribution in [3.8, 4) is 5.75 Å². The molecule has 2 aromatic carbocycles. The highest BCUT2D eigenvalue weighted by molar-refractivity contribution is 5.92. The van der Waals surface area contributed by atoms with E-state index in [1.165, 1.54) is 11.1 Å². The molecular weight excluding hydrogens is 424 g/mol. The summed E-state index contributed by atoms with van der Waals surface area (Å²) in [6, 6.07) is 22.8. The Balaban J connectivity index is 1.49. The van der Waals surface area contributed by atoms with Crippen molar-refractivity contribution in [3.05, 3.63) is 95.3 Å². The molecule has 0 saturated heterocycles. The molecule has 2 atom stereocenters. The average molecular weight is 459 g/mol. The van der Waals surface area contributed by atoms with E-state index in [1.807, 2.05) is 30.3 Å². The molecule has 1 aliphatic heterocycles. The maximum Gasteiger partial charge on any atom is 0.158 e. The van der Waals surface area contributed by atoms with Gasteiger partial charge in [0.25, 0.3) is 0 Å². The maximum absolute atomic E-state index is 10.2. The van der Waals surface area contributed by atoms with Crippen molar-refractivity contribution < 1.29 is 14.7 Å². The molecule has 3 aromatic rings. The number of benzene rings is 2. The van der Waals surface area contributed by atoms with Gasteiger partial charge in [0.1, 0.15) is 18.0 Å². The second-order valence-electron chi connectivity index (χ2n) is 10.0. The first-order valence-corrected chi connectivity index (χ1v) is 11.9. The van der Waals surface area contributed by atoms with E-state index in [0.29, 0.717) is 24.7 Å². The zero-order chi connectivity index (χ0) is 24.3. The van der Waals surface area contributed by atoms with E-state index in [1.54, 1.807) is 20.0 Å². The van der Waals surface area contributed by atoms with Crippen LogP contribution in [0, 0.1) is 5.92 Å². The zero-order valence-electron chi connectivity index (χ0n) is 20.7. The Morgan fingerprint density at radius 1 is 0.971 bits per heavy atom. The topological polar surface area (TPSA) is 63.9 Å². The van der Waals surface area contributed by atoms with E-state index < -0.39 is 5.60 Å². The Hall–Kier alpha value is -3.18. The standard InChI is InChI=1S/C29H34N2O3/c1-20(2)29(5,23-13-15-25(16-14-23)33-19-24-8-6-7-17-30-24)22-11-9-21(10-12-22)26-18-27(31-34-26)28(3,4)32/h6-17,20,26,32H,18-19H2,1-5H3. The van der Waals surface area contributed by atoms with Gasteiger partial charge in [-0.25, -0.2) is 0 Å². The van der Waals surface area contributed by atoms with Crippen molar-refractivity contribution in [2.45, 2.75) is 64.8 Å². The highest BCUT2D eigenvalue weighted by Gasteiger charge is 2.34. The van der Waals surface area contributed by atoms with Crippen LogP contribution in [-0.2, 0) is 16.9 Å². The van der Waals surface area contributed by atoms with Crippen LogP contribution in [0.5, 0.6) is 5.75 Å². The van der Waals surface area contributed by atoms with E-state index in [9.17, 15) is 5.11 Å². The van der Waals surface area contributed by atoms with Gasteiger partial charge >= 0.3 is 0 Å². The van der Waals surface area contributed by atoms with Crippen LogP contribution in [0.2, 0.25) is 0 Å². The molecule has 0 aliphatic carbocycles. The fourth-order valence-electron chi connectivity index (χ4n) is 4.33. The number of oxime groups is 1. The Labute approximate surface area is 202 Å². The average Bonchev–Trinajstić information content (AvgIpc) is 3.34. The first-order chi connectivity index (χ1) is 16.2. The molecule has 0 amide bonds. The van der Waals surface area contributed by atoms with Gasteiger partial charge in [0, 0.05) is 18.0 Å². The second kappa shape index (κ2) is 9.59. The van der Waals surface area contributed by atoms with Crippen LogP contribution in [0.4, 0.5) is 0 Å². The Morgan fingerprint density at radius 2 is 1.62 bits per heavy atom. The number of aromatic nitrogens is 1. The van der Waals surface area contributed by atoms with Gasteiger partial charge in [-0.3, -0.25) is 4.98 Å². The molecule has 34 heavy (non-hydrogen) atoms. The van der Waals surface area contributed by atoms with Crippen molar-refractivity contribution >= 4 is 5.71 Å².